The van der Waals surface area contributed by atoms with E-state index >= 15 is 0 Å². The maximum absolute atomic E-state index is 5.54. The van der Waals surface area contributed by atoms with Crippen LogP contribution in [0.15, 0.2) is 4.99 Å². The van der Waals surface area contributed by atoms with Gasteiger partial charge in [-0.15, -0.1) is 0 Å². The van der Waals surface area contributed by atoms with Gasteiger partial charge in [0.25, 0.3) is 0 Å². The summed E-state index contributed by atoms with van der Waals surface area (Å²) in [6.45, 7) is 6.85. The Balaban J connectivity index is 1.82. The SMILES string of the molecule is CCOCCC1(CNC2=NCCN2C)CCCC1. The van der Waals surface area contributed by atoms with Gasteiger partial charge >= 0.3 is 0 Å². The fraction of sp³-hybridized carbons (Fsp3) is 0.929. The number of guanidine groups is 1. The first-order chi connectivity index (χ1) is 8.76. The lowest BCUT2D eigenvalue weighted by molar-refractivity contribution is 0.105. The highest BCUT2D eigenvalue weighted by molar-refractivity contribution is 5.81. The van der Waals surface area contributed by atoms with Gasteiger partial charge in [-0.2, -0.15) is 0 Å². The molecule has 18 heavy (non-hydrogen) atoms. The van der Waals surface area contributed by atoms with E-state index in [2.05, 4.69) is 29.2 Å². The Morgan fingerprint density at radius 3 is 2.78 bits per heavy atom. The zero-order valence-corrected chi connectivity index (χ0v) is 11.9. The Morgan fingerprint density at radius 2 is 2.17 bits per heavy atom. The number of hydrogen-bond acceptors (Lipinski definition) is 4. The van der Waals surface area contributed by atoms with Gasteiger partial charge in [0.05, 0.1) is 6.54 Å². The predicted octanol–water partition coefficient (Wildman–Crippen LogP) is 1.86. The molecule has 0 aromatic carbocycles. The molecule has 2 rings (SSSR count). The van der Waals surface area contributed by atoms with Gasteiger partial charge in [-0.3, -0.25) is 4.99 Å². The molecule has 0 atom stereocenters. The minimum Gasteiger partial charge on any atom is -0.382 e. The number of ether oxygens (including phenoxy) is 1. The first-order valence-corrected chi connectivity index (χ1v) is 7.33. The van der Waals surface area contributed by atoms with Crippen LogP contribution in [0.5, 0.6) is 0 Å². The summed E-state index contributed by atoms with van der Waals surface area (Å²) < 4.78 is 5.54. The van der Waals surface area contributed by atoms with Crippen LogP contribution in [-0.2, 0) is 4.74 Å². The van der Waals surface area contributed by atoms with Crippen molar-refractivity contribution in [2.45, 2.75) is 39.0 Å². The second kappa shape index (κ2) is 6.41. The van der Waals surface area contributed by atoms with Gasteiger partial charge in [0.1, 0.15) is 0 Å². The van der Waals surface area contributed by atoms with Crippen LogP contribution in [0.4, 0.5) is 0 Å². The molecule has 1 fully saturated rings. The van der Waals surface area contributed by atoms with Crippen LogP contribution in [0.1, 0.15) is 39.0 Å². The summed E-state index contributed by atoms with van der Waals surface area (Å²) in [5.74, 6) is 1.08. The number of likely N-dealkylation sites (N-methyl/N-ethyl adjacent to an activating group) is 1. The standard InChI is InChI=1S/C14H27N3O/c1-3-18-11-8-14(6-4-5-7-14)12-16-13-15-9-10-17(13)2/h3-12H2,1-2H3,(H,15,16). The number of hydrogen-bond donors (Lipinski definition) is 1. The topological polar surface area (TPSA) is 36.9 Å². The first kappa shape index (κ1) is 13.7. The van der Waals surface area contributed by atoms with E-state index in [0.717, 1.165) is 38.8 Å². The van der Waals surface area contributed by atoms with Crippen molar-refractivity contribution in [3.05, 3.63) is 0 Å². The van der Waals surface area contributed by atoms with E-state index in [0.29, 0.717) is 5.41 Å². The number of aliphatic imine (C=N–C) groups is 1. The molecule has 2 aliphatic rings. The van der Waals surface area contributed by atoms with Crippen molar-refractivity contribution < 1.29 is 4.74 Å². The van der Waals surface area contributed by atoms with Crippen LogP contribution in [0, 0.1) is 5.41 Å². The first-order valence-electron chi connectivity index (χ1n) is 7.33. The number of nitrogens with one attached hydrogen (secondary N) is 1. The molecule has 4 nitrogen and oxygen atoms in total. The Labute approximate surface area is 111 Å². The van der Waals surface area contributed by atoms with Crippen LogP contribution in [0.2, 0.25) is 0 Å². The molecule has 0 bridgehead atoms. The average molecular weight is 253 g/mol. The van der Waals surface area contributed by atoms with Crippen molar-refractivity contribution >= 4 is 5.96 Å². The molecule has 0 aromatic rings. The number of nitrogens with zero attached hydrogens (tertiary/aromatic N) is 2. The van der Waals surface area contributed by atoms with E-state index in [9.17, 15) is 0 Å². The summed E-state index contributed by atoms with van der Waals surface area (Å²) in [6, 6.07) is 0. The Morgan fingerprint density at radius 1 is 1.39 bits per heavy atom. The highest BCUT2D eigenvalue weighted by Crippen LogP contribution is 2.40. The van der Waals surface area contributed by atoms with Crippen molar-refractivity contribution in [3.63, 3.8) is 0 Å². The quantitative estimate of drug-likeness (QED) is 0.734. The van der Waals surface area contributed by atoms with Crippen molar-refractivity contribution in [2.24, 2.45) is 10.4 Å². The molecule has 1 aliphatic carbocycles. The molecule has 0 aromatic heterocycles. The lowest BCUT2D eigenvalue weighted by Gasteiger charge is -2.30. The Bertz CT molecular complexity index is 285. The lowest BCUT2D eigenvalue weighted by Crippen LogP contribution is -2.42. The molecule has 1 aliphatic heterocycles. The molecule has 1 N–H and O–H groups in total. The fourth-order valence-corrected chi connectivity index (χ4v) is 3.06. The van der Waals surface area contributed by atoms with Crippen molar-refractivity contribution in [1.29, 1.82) is 0 Å². The van der Waals surface area contributed by atoms with Crippen molar-refractivity contribution in [3.8, 4) is 0 Å². The second-order valence-corrected chi connectivity index (χ2v) is 5.63. The molecular formula is C14H27N3O. The van der Waals surface area contributed by atoms with E-state index in [1.54, 1.807) is 0 Å². The maximum atomic E-state index is 5.54. The Kier molecular flexibility index (Phi) is 4.87. The van der Waals surface area contributed by atoms with Crippen LogP contribution >= 0.6 is 0 Å². The van der Waals surface area contributed by atoms with E-state index in [1.165, 1.54) is 32.1 Å². The molecule has 4 heteroatoms. The second-order valence-electron chi connectivity index (χ2n) is 5.63. The lowest BCUT2D eigenvalue weighted by atomic mass is 9.83. The third-order valence-electron chi connectivity index (χ3n) is 4.33. The van der Waals surface area contributed by atoms with Gasteiger partial charge in [0, 0.05) is 33.4 Å². The summed E-state index contributed by atoms with van der Waals surface area (Å²) in [5.41, 5.74) is 0.446. The highest BCUT2D eigenvalue weighted by atomic mass is 16.5. The molecular weight excluding hydrogens is 226 g/mol. The van der Waals surface area contributed by atoms with Crippen LogP contribution in [-0.4, -0.2) is 50.8 Å². The van der Waals surface area contributed by atoms with Gasteiger partial charge in [-0.25, -0.2) is 0 Å². The van der Waals surface area contributed by atoms with Gasteiger partial charge in [-0.05, 0) is 31.6 Å². The molecule has 1 heterocycles. The van der Waals surface area contributed by atoms with Gasteiger partial charge in [-0.1, -0.05) is 12.8 Å². The van der Waals surface area contributed by atoms with Crippen molar-refractivity contribution in [2.75, 3.05) is 39.9 Å². The zero-order chi connectivity index (χ0) is 12.8. The third kappa shape index (κ3) is 3.37. The maximum Gasteiger partial charge on any atom is 0.193 e. The molecule has 104 valence electrons. The van der Waals surface area contributed by atoms with Crippen molar-refractivity contribution in [1.82, 2.24) is 10.2 Å². The molecule has 0 saturated heterocycles. The molecule has 0 unspecified atom stereocenters. The van der Waals surface area contributed by atoms with Gasteiger partial charge < -0.3 is 15.0 Å². The molecule has 1 saturated carbocycles. The fourth-order valence-electron chi connectivity index (χ4n) is 3.06. The van der Waals surface area contributed by atoms with E-state index in [1.807, 2.05) is 0 Å². The largest absolute Gasteiger partial charge is 0.382 e. The summed E-state index contributed by atoms with van der Waals surface area (Å²) in [5, 5.41) is 3.56. The van der Waals surface area contributed by atoms with E-state index in [-0.39, 0.29) is 0 Å². The predicted molar refractivity (Wildman–Crippen MR) is 74.9 cm³/mol. The summed E-state index contributed by atoms with van der Waals surface area (Å²) >= 11 is 0. The van der Waals surface area contributed by atoms with Crippen LogP contribution in [0.25, 0.3) is 0 Å². The Hall–Kier alpha value is -0.770. The summed E-state index contributed by atoms with van der Waals surface area (Å²) in [6.07, 6.45) is 6.60. The highest BCUT2D eigenvalue weighted by Gasteiger charge is 2.34. The van der Waals surface area contributed by atoms with Gasteiger partial charge in [0.15, 0.2) is 5.96 Å². The number of rotatable bonds is 6. The minimum absolute atomic E-state index is 0.446. The summed E-state index contributed by atoms with van der Waals surface area (Å²) in [7, 11) is 2.11. The van der Waals surface area contributed by atoms with E-state index in [4.69, 9.17) is 4.74 Å². The smallest absolute Gasteiger partial charge is 0.193 e. The van der Waals surface area contributed by atoms with Crippen LogP contribution < -0.4 is 5.32 Å². The third-order valence-corrected chi connectivity index (χ3v) is 4.33. The minimum atomic E-state index is 0.446. The summed E-state index contributed by atoms with van der Waals surface area (Å²) in [4.78, 5) is 6.72. The van der Waals surface area contributed by atoms with E-state index < -0.39 is 0 Å². The monoisotopic (exact) mass is 253 g/mol. The zero-order valence-electron chi connectivity index (χ0n) is 11.9. The normalized spacial score (nSPS) is 22.3. The van der Waals surface area contributed by atoms with Gasteiger partial charge in [0.2, 0.25) is 0 Å². The average Bonchev–Trinajstić information content (AvgIpc) is 2.97. The van der Waals surface area contributed by atoms with Crippen LogP contribution in [0.3, 0.4) is 0 Å². The molecule has 0 spiro atoms. The molecule has 0 radical (unpaired) electrons. The molecule has 0 amide bonds.